The van der Waals surface area contributed by atoms with Crippen molar-refractivity contribution in [1.82, 2.24) is 9.88 Å². The maximum atomic E-state index is 12.7. The largest absolute Gasteiger partial charge is 0.497 e. The molecule has 0 unspecified atom stereocenters. The van der Waals surface area contributed by atoms with Crippen LogP contribution in [0.25, 0.3) is 0 Å². The first-order chi connectivity index (χ1) is 12.5. The molecule has 7 heteroatoms. The summed E-state index contributed by atoms with van der Waals surface area (Å²) < 4.78 is 5.14. The minimum absolute atomic E-state index is 0.0347. The van der Waals surface area contributed by atoms with Crippen molar-refractivity contribution in [2.45, 2.75) is 26.2 Å². The molecule has 26 heavy (non-hydrogen) atoms. The molecule has 0 radical (unpaired) electrons. The smallest absolute Gasteiger partial charge is 0.245 e. The second kappa shape index (κ2) is 8.31. The highest BCUT2D eigenvalue weighted by Gasteiger charge is 2.28. The number of benzene rings is 1. The van der Waals surface area contributed by atoms with Crippen LogP contribution in [0, 0.1) is 12.8 Å². The zero-order chi connectivity index (χ0) is 18.5. The Morgan fingerprint density at radius 1 is 1.31 bits per heavy atom. The van der Waals surface area contributed by atoms with Crippen LogP contribution in [0.4, 0.5) is 5.13 Å². The number of methoxy groups -OCH3 is 1. The van der Waals surface area contributed by atoms with Gasteiger partial charge >= 0.3 is 0 Å². The fraction of sp³-hybridized carbons (Fsp3) is 0.421. The van der Waals surface area contributed by atoms with Crippen LogP contribution in [0.5, 0.6) is 5.75 Å². The van der Waals surface area contributed by atoms with E-state index >= 15 is 0 Å². The lowest BCUT2D eigenvalue weighted by Crippen LogP contribution is -2.40. The van der Waals surface area contributed by atoms with Crippen molar-refractivity contribution >= 4 is 28.3 Å². The fourth-order valence-corrected chi connectivity index (χ4v) is 3.32. The van der Waals surface area contributed by atoms with E-state index in [0.717, 1.165) is 29.0 Å². The molecule has 2 aromatic rings. The number of hydrogen-bond acceptors (Lipinski definition) is 5. The van der Waals surface area contributed by atoms with Crippen LogP contribution in [0.2, 0.25) is 0 Å². The number of hydrogen-bond donors (Lipinski definition) is 1. The molecule has 0 aliphatic heterocycles. The van der Waals surface area contributed by atoms with Gasteiger partial charge in [0.25, 0.3) is 0 Å². The predicted molar refractivity (Wildman–Crippen MR) is 101 cm³/mol. The lowest BCUT2D eigenvalue weighted by atomic mass is 10.1. The van der Waals surface area contributed by atoms with E-state index in [0.29, 0.717) is 17.6 Å². The summed E-state index contributed by atoms with van der Waals surface area (Å²) in [5, 5.41) is 3.35. The molecule has 6 nitrogen and oxygen atoms in total. The van der Waals surface area contributed by atoms with Crippen molar-refractivity contribution in [3.05, 3.63) is 40.9 Å². The second-order valence-corrected chi connectivity index (χ2v) is 7.80. The third-order valence-electron chi connectivity index (χ3n) is 4.24. The number of nitrogens with one attached hydrogen (secondary N) is 1. The molecule has 138 valence electrons. The number of rotatable bonds is 8. The number of anilines is 1. The molecule has 1 aliphatic carbocycles. The molecule has 1 N–H and O–H groups in total. The standard InChI is InChI=1S/C19H23N3O3S/c1-13-10-20-19(26-13)21-17(23)12-22(11-15-3-4-15)18(24)9-14-5-7-16(25-2)8-6-14/h5-8,10,15H,3-4,9,11-12H2,1-2H3,(H,20,21,23). The van der Waals surface area contributed by atoms with Gasteiger partial charge in [-0.2, -0.15) is 0 Å². The van der Waals surface area contributed by atoms with Crippen LogP contribution < -0.4 is 10.1 Å². The Bertz CT molecular complexity index is 769. The van der Waals surface area contributed by atoms with Gasteiger partial charge in [0, 0.05) is 17.6 Å². The highest BCUT2D eigenvalue weighted by Crippen LogP contribution is 2.30. The third-order valence-corrected chi connectivity index (χ3v) is 5.07. The zero-order valence-electron chi connectivity index (χ0n) is 15.0. The number of aryl methyl sites for hydroxylation is 1. The second-order valence-electron chi connectivity index (χ2n) is 6.57. The summed E-state index contributed by atoms with van der Waals surface area (Å²) in [4.78, 5) is 31.9. The maximum Gasteiger partial charge on any atom is 0.245 e. The molecule has 0 spiro atoms. The Morgan fingerprint density at radius 2 is 2.04 bits per heavy atom. The monoisotopic (exact) mass is 373 g/mol. The van der Waals surface area contributed by atoms with Gasteiger partial charge in [-0.05, 0) is 43.4 Å². The molecule has 0 atom stereocenters. The summed E-state index contributed by atoms with van der Waals surface area (Å²) in [6, 6.07) is 7.44. The van der Waals surface area contributed by atoms with E-state index in [1.807, 2.05) is 31.2 Å². The van der Waals surface area contributed by atoms with E-state index in [1.165, 1.54) is 11.3 Å². The minimum Gasteiger partial charge on any atom is -0.497 e. The summed E-state index contributed by atoms with van der Waals surface area (Å²) in [5.41, 5.74) is 0.910. The molecule has 3 rings (SSSR count). The molecular weight excluding hydrogens is 350 g/mol. The van der Waals surface area contributed by atoms with Gasteiger partial charge in [-0.1, -0.05) is 12.1 Å². The average molecular weight is 373 g/mol. The summed E-state index contributed by atoms with van der Waals surface area (Å²) in [7, 11) is 1.61. The normalized spacial score (nSPS) is 13.3. The Hall–Kier alpha value is -2.41. The molecule has 1 aromatic heterocycles. The van der Waals surface area contributed by atoms with Gasteiger partial charge in [-0.3, -0.25) is 9.59 Å². The van der Waals surface area contributed by atoms with Gasteiger partial charge in [0.1, 0.15) is 5.75 Å². The first kappa shape index (κ1) is 18.4. The van der Waals surface area contributed by atoms with Crippen molar-refractivity contribution in [3.63, 3.8) is 0 Å². The molecule has 0 saturated heterocycles. The highest BCUT2D eigenvalue weighted by atomic mass is 32.1. The van der Waals surface area contributed by atoms with Crippen LogP contribution in [0.3, 0.4) is 0 Å². The van der Waals surface area contributed by atoms with Crippen LogP contribution in [-0.2, 0) is 16.0 Å². The van der Waals surface area contributed by atoms with Crippen molar-refractivity contribution in [3.8, 4) is 5.75 Å². The van der Waals surface area contributed by atoms with Crippen molar-refractivity contribution in [2.75, 3.05) is 25.5 Å². The summed E-state index contributed by atoms with van der Waals surface area (Å²) >= 11 is 1.43. The fourth-order valence-electron chi connectivity index (χ4n) is 2.64. The molecular formula is C19H23N3O3S. The SMILES string of the molecule is COc1ccc(CC(=O)N(CC(=O)Nc2ncc(C)s2)CC2CC2)cc1. The molecule has 1 heterocycles. The van der Waals surface area contributed by atoms with E-state index in [-0.39, 0.29) is 24.8 Å². The first-order valence-electron chi connectivity index (χ1n) is 8.66. The van der Waals surface area contributed by atoms with Crippen LogP contribution in [-0.4, -0.2) is 41.9 Å². The van der Waals surface area contributed by atoms with E-state index in [4.69, 9.17) is 4.74 Å². The van der Waals surface area contributed by atoms with Gasteiger partial charge in [0.2, 0.25) is 11.8 Å². The minimum atomic E-state index is -0.205. The number of nitrogens with zero attached hydrogens (tertiary/aromatic N) is 2. The van der Waals surface area contributed by atoms with Crippen LogP contribution in [0.1, 0.15) is 23.3 Å². The molecule has 1 fully saturated rings. The zero-order valence-corrected chi connectivity index (χ0v) is 15.8. The average Bonchev–Trinajstić information content (AvgIpc) is 3.35. The van der Waals surface area contributed by atoms with Crippen LogP contribution >= 0.6 is 11.3 Å². The topological polar surface area (TPSA) is 71.5 Å². The Labute approximate surface area is 157 Å². The molecule has 1 saturated carbocycles. The predicted octanol–water partition coefficient (Wildman–Crippen LogP) is 2.88. The van der Waals surface area contributed by atoms with E-state index < -0.39 is 0 Å². The number of amides is 2. The quantitative estimate of drug-likeness (QED) is 0.772. The van der Waals surface area contributed by atoms with Gasteiger partial charge < -0.3 is 15.0 Å². The van der Waals surface area contributed by atoms with Gasteiger partial charge in [0.15, 0.2) is 5.13 Å². The highest BCUT2D eigenvalue weighted by molar-refractivity contribution is 7.15. The Balaban J connectivity index is 1.60. The summed E-state index contributed by atoms with van der Waals surface area (Å²) in [6.07, 6.45) is 4.25. The van der Waals surface area contributed by atoms with E-state index in [1.54, 1.807) is 18.2 Å². The number of ether oxygens (including phenoxy) is 1. The lowest BCUT2D eigenvalue weighted by molar-refractivity contribution is -0.134. The number of carbonyl (C=O) groups excluding carboxylic acids is 2. The Morgan fingerprint density at radius 3 is 2.62 bits per heavy atom. The molecule has 2 amide bonds. The van der Waals surface area contributed by atoms with Crippen molar-refractivity contribution < 1.29 is 14.3 Å². The van der Waals surface area contributed by atoms with Gasteiger partial charge in [-0.25, -0.2) is 4.98 Å². The number of thiazole rings is 1. The van der Waals surface area contributed by atoms with Crippen molar-refractivity contribution in [2.24, 2.45) is 5.92 Å². The van der Waals surface area contributed by atoms with Crippen molar-refractivity contribution in [1.29, 1.82) is 0 Å². The van der Waals surface area contributed by atoms with Crippen LogP contribution in [0.15, 0.2) is 30.5 Å². The third kappa shape index (κ3) is 5.29. The molecule has 0 bridgehead atoms. The first-order valence-corrected chi connectivity index (χ1v) is 9.48. The van der Waals surface area contributed by atoms with E-state index in [2.05, 4.69) is 10.3 Å². The van der Waals surface area contributed by atoms with Gasteiger partial charge in [0.05, 0.1) is 20.1 Å². The summed E-state index contributed by atoms with van der Waals surface area (Å²) in [5.74, 6) is 1.04. The number of carbonyl (C=O) groups is 2. The summed E-state index contributed by atoms with van der Waals surface area (Å²) in [6.45, 7) is 2.63. The lowest BCUT2D eigenvalue weighted by Gasteiger charge is -2.22. The molecule has 1 aromatic carbocycles. The Kier molecular flexibility index (Phi) is 5.88. The van der Waals surface area contributed by atoms with E-state index in [9.17, 15) is 9.59 Å². The van der Waals surface area contributed by atoms with Gasteiger partial charge in [-0.15, -0.1) is 11.3 Å². The maximum absolute atomic E-state index is 12.7. The number of aromatic nitrogens is 1. The molecule has 1 aliphatic rings.